The lowest BCUT2D eigenvalue weighted by atomic mass is 9.93. The van der Waals surface area contributed by atoms with Crippen LogP contribution in [0.15, 0.2) is 15.8 Å². The molecule has 4 atom stereocenters. The highest BCUT2D eigenvalue weighted by Gasteiger charge is 2.48. The van der Waals surface area contributed by atoms with Gasteiger partial charge >= 0.3 is 5.69 Å². The molecule has 0 spiro atoms. The molecule has 1 aromatic heterocycles. The highest BCUT2D eigenvalue weighted by molar-refractivity contribution is 5.04. The number of aryl methyl sites for hydroxylation is 1. The van der Waals surface area contributed by atoms with E-state index in [-0.39, 0.29) is 18.2 Å². The summed E-state index contributed by atoms with van der Waals surface area (Å²) in [5, 5.41) is 0. The minimum atomic E-state index is -0.691. The lowest BCUT2D eigenvalue weighted by Crippen LogP contribution is -2.47. The Morgan fingerprint density at radius 3 is 2.46 bits per heavy atom. The van der Waals surface area contributed by atoms with Crippen molar-refractivity contribution in [3.05, 3.63) is 32.6 Å². The zero-order valence-electron chi connectivity index (χ0n) is 22.7. The van der Waals surface area contributed by atoms with E-state index in [1.54, 1.807) is 27.3 Å². The fourth-order valence-corrected chi connectivity index (χ4v) is 6.00. The Hall–Kier alpha value is -1.56. The summed E-state index contributed by atoms with van der Waals surface area (Å²) in [4.78, 5) is 26.1. The minimum absolute atomic E-state index is 0.108. The van der Waals surface area contributed by atoms with Gasteiger partial charge in [-0.15, -0.1) is 0 Å². The summed E-state index contributed by atoms with van der Waals surface area (Å²) in [6.07, 6.45) is 10.7. The molecule has 0 bridgehead atoms. The van der Waals surface area contributed by atoms with Gasteiger partial charge < -0.3 is 29.4 Å². The van der Waals surface area contributed by atoms with E-state index in [0.717, 1.165) is 57.8 Å². The third-order valence-corrected chi connectivity index (χ3v) is 8.11. The summed E-state index contributed by atoms with van der Waals surface area (Å²) >= 11 is 0. The van der Waals surface area contributed by atoms with Crippen molar-refractivity contribution in [2.45, 2.75) is 127 Å². The number of rotatable bonds is 11. The minimum Gasteiger partial charge on any atom is -0.353 e. The van der Waals surface area contributed by atoms with Crippen LogP contribution in [0, 0.1) is 6.92 Å². The maximum absolute atomic E-state index is 13.4. The molecule has 1 aromatic rings. The average Bonchev–Trinajstić information content (AvgIpc) is 3.33. The van der Waals surface area contributed by atoms with E-state index in [0.29, 0.717) is 24.9 Å². The van der Waals surface area contributed by atoms with Crippen LogP contribution in [0.5, 0.6) is 0 Å². The fraction of sp³-hybridized carbons (Fsp3) is 0.852. The van der Waals surface area contributed by atoms with Crippen molar-refractivity contribution in [1.82, 2.24) is 9.13 Å². The molecule has 4 rings (SSSR count). The zero-order valence-corrected chi connectivity index (χ0v) is 22.7. The average molecular weight is 524 g/mol. The van der Waals surface area contributed by atoms with Crippen LogP contribution in [0.2, 0.25) is 0 Å². The molecule has 2 aliphatic carbocycles. The Labute approximate surface area is 219 Å². The molecule has 2 N–H and O–H groups in total. The van der Waals surface area contributed by atoms with Crippen LogP contribution in [-0.2, 0) is 30.2 Å². The van der Waals surface area contributed by atoms with Crippen molar-refractivity contribution in [3.8, 4) is 0 Å². The number of methoxy groups -OCH3 is 2. The van der Waals surface area contributed by atoms with Crippen molar-refractivity contribution in [2.24, 2.45) is 5.73 Å². The van der Waals surface area contributed by atoms with Gasteiger partial charge in [0.1, 0.15) is 12.3 Å². The van der Waals surface area contributed by atoms with Crippen molar-refractivity contribution in [1.29, 1.82) is 0 Å². The highest BCUT2D eigenvalue weighted by Crippen LogP contribution is 2.40. The number of nitrogens with two attached hydrogens (primary N) is 1. The smallest absolute Gasteiger partial charge is 0.333 e. The molecule has 37 heavy (non-hydrogen) atoms. The lowest BCUT2D eigenvalue weighted by molar-refractivity contribution is -0.291. The number of nitrogens with zero attached hydrogens (tertiary/aromatic N) is 2. The van der Waals surface area contributed by atoms with E-state index in [4.69, 9.17) is 29.4 Å². The Balaban J connectivity index is 1.63. The number of ether oxygens (including phenoxy) is 5. The second-order valence-electron chi connectivity index (χ2n) is 10.7. The molecule has 3 aliphatic rings. The fourth-order valence-electron chi connectivity index (χ4n) is 6.00. The normalized spacial score (nSPS) is 27.4. The monoisotopic (exact) mass is 523 g/mol. The largest absolute Gasteiger partial charge is 0.353 e. The van der Waals surface area contributed by atoms with Crippen LogP contribution in [0.4, 0.5) is 0 Å². The molecule has 1 unspecified atom stereocenters. The Bertz CT molecular complexity index is 981. The van der Waals surface area contributed by atoms with Crippen molar-refractivity contribution in [3.63, 3.8) is 0 Å². The van der Waals surface area contributed by atoms with Crippen molar-refractivity contribution < 1.29 is 23.7 Å². The van der Waals surface area contributed by atoms with Gasteiger partial charge in [-0.05, 0) is 45.6 Å². The summed E-state index contributed by atoms with van der Waals surface area (Å²) in [5.74, 6) is -0.691. The molecule has 0 aromatic carbocycles. The van der Waals surface area contributed by atoms with Crippen LogP contribution < -0.4 is 17.0 Å². The van der Waals surface area contributed by atoms with Crippen LogP contribution in [-0.4, -0.2) is 60.3 Å². The molecule has 0 amide bonds. The molecule has 210 valence electrons. The molecule has 2 saturated carbocycles. The molecule has 1 saturated heterocycles. The SMILES string of the molecule is COC(OC1CCCCC1)[C@@H]1O[C@@H](n2cc(C)c(=O)n(CCCN)c2=O)C[C@@H]1OC1(OC)CCCCC1. The zero-order chi connectivity index (χ0) is 26.4. The third kappa shape index (κ3) is 6.54. The Kier molecular flexibility index (Phi) is 9.99. The molecule has 10 nitrogen and oxygen atoms in total. The van der Waals surface area contributed by atoms with E-state index in [2.05, 4.69) is 0 Å². The van der Waals surface area contributed by atoms with Gasteiger partial charge in [0.05, 0.1) is 12.2 Å². The summed E-state index contributed by atoms with van der Waals surface area (Å²) < 4.78 is 34.2. The van der Waals surface area contributed by atoms with Crippen LogP contribution in [0.1, 0.15) is 88.8 Å². The molecule has 3 fully saturated rings. The maximum Gasteiger partial charge on any atom is 0.333 e. The third-order valence-electron chi connectivity index (χ3n) is 8.11. The first-order valence-electron chi connectivity index (χ1n) is 14.0. The first-order valence-corrected chi connectivity index (χ1v) is 14.0. The van der Waals surface area contributed by atoms with Gasteiger partial charge in [-0.2, -0.15) is 0 Å². The van der Waals surface area contributed by atoms with E-state index >= 15 is 0 Å². The maximum atomic E-state index is 13.4. The summed E-state index contributed by atoms with van der Waals surface area (Å²) in [7, 11) is 3.32. The molecular formula is C27H45N3O7. The van der Waals surface area contributed by atoms with Crippen LogP contribution in [0.25, 0.3) is 0 Å². The number of aromatic nitrogens is 2. The van der Waals surface area contributed by atoms with Crippen molar-refractivity contribution >= 4 is 0 Å². The molecule has 1 aliphatic heterocycles. The van der Waals surface area contributed by atoms with Crippen molar-refractivity contribution in [2.75, 3.05) is 20.8 Å². The van der Waals surface area contributed by atoms with Gasteiger partial charge in [0.2, 0.25) is 0 Å². The second kappa shape index (κ2) is 13.0. The number of hydrogen-bond acceptors (Lipinski definition) is 8. The van der Waals surface area contributed by atoms with E-state index in [1.807, 2.05) is 0 Å². The summed E-state index contributed by atoms with van der Waals surface area (Å²) in [6, 6.07) is 0. The second-order valence-corrected chi connectivity index (χ2v) is 10.7. The van der Waals surface area contributed by atoms with Gasteiger partial charge in [0.25, 0.3) is 5.56 Å². The van der Waals surface area contributed by atoms with Gasteiger partial charge in [-0.3, -0.25) is 13.9 Å². The van der Waals surface area contributed by atoms with Crippen LogP contribution >= 0.6 is 0 Å². The highest BCUT2D eigenvalue weighted by atomic mass is 16.7. The predicted molar refractivity (Wildman–Crippen MR) is 138 cm³/mol. The van der Waals surface area contributed by atoms with Gasteiger partial charge in [0, 0.05) is 51.8 Å². The Morgan fingerprint density at radius 1 is 1.11 bits per heavy atom. The quantitative estimate of drug-likeness (QED) is 0.440. The van der Waals surface area contributed by atoms with Gasteiger partial charge in [-0.1, -0.05) is 25.7 Å². The van der Waals surface area contributed by atoms with E-state index in [9.17, 15) is 9.59 Å². The standard InChI is InChI=1S/C27H45N3O7/c1-19-18-30(26(32)29(24(19)31)16-10-15-28)22-17-21(37-27(34-3)13-8-5-9-14-27)23(36-22)25(33-2)35-20-11-6-4-7-12-20/h18,20-23,25H,4-17,28H2,1-3H3/t21-,22+,23+,25?/m0/s1. The molecule has 10 heteroatoms. The topological polar surface area (TPSA) is 116 Å². The van der Waals surface area contributed by atoms with Crippen LogP contribution in [0.3, 0.4) is 0 Å². The van der Waals surface area contributed by atoms with Gasteiger partial charge in [0.15, 0.2) is 12.1 Å². The first-order chi connectivity index (χ1) is 17.9. The lowest BCUT2D eigenvalue weighted by Gasteiger charge is -2.40. The molecular weight excluding hydrogens is 478 g/mol. The van der Waals surface area contributed by atoms with E-state index in [1.165, 1.54) is 15.6 Å². The Morgan fingerprint density at radius 2 is 1.81 bits per heavy atom. The molecule has 0 radical (unpaired) electrons. The predicted octanol–water partition coefficient (Wildman–Crippen LogP) is 2.97. The summed E-state index contributed by atoms with van der Waals surface area (Å²) in [6.45, 7) is 2.37. The first kappa shape index (κ1) is 28.4. The summed E-state index contributed by atoms with van der Waals surface area (Å²) in [5.41, 5.74) is 5.42. The molecule has 2 heterocycles. The van der Waals surface area contributed by atoms with E-state index < -0.39 is 36.2 Å². The number of hydrogen-bond donors (Lipinski definition) is 1. The van der Waals surface area contributed by atoms with Gasteiger partial charge in [-0.25, -0.2) is 4.79 Å².